The van der Waals surface area contributed by atoms with Crippen molar-refractivity contribution in [1.82, 2.24) is 4.98 Å². The second-order valence-corrected chi connectivity index (χ2v) is 5.34. The third-order valence-electron chi connectivity index (χ3n) is 2.37. The third-order valence-corrected chi connectivity index (χ3v) is 3.72. The molecule has 0 fully saturated rings. The molecule has 3 nitrogen and oxygen atoms in total. The Bertz CT molecular complexity index is 612. The molecule has 0 amide bonds. The largest absolute Gasteiger partial charge is 0.477 e. The highest BCUT2D eigenvalue weighted by molar-refractivity contribution is 7.13. The topological polar surface area (TPSA) is 50.2 Å². The van der Waals surface area contributed by atoms with Crippen LogP contribution in [0.3, 0.4) is 0 Å². The van der Waals surface area contributed by atoms with Crippen LogP contribution in [0.1, 0.15) is 25.9 Å². The van der Waals surface area contributed by atoms with E-state index in [1.165, 1.54) is 18.2 Å². The van der Waals surface area contributed by atoms with Crippen molar-refractivity contribution < 1.29 is 14.3 Å². The molecule has 0 aliphatic rings. The molecule has 1 heterocycles. The van der Waals surface area contributed by atoms with Crippen molar-refractivity contribution in [2.45, 2.75) is 13.3 Å². The first kappa shape index (κ1) is 13.0. The Morgan fingerprint density at radius 2 is 2.28 bits per heavy atom. The molecule has 1 aromatic carbocycles. The van der Waals surface area contributed by atoms with Gasteiger partial charge in [-0.15, -0.1) is 11.3 Å². The summed E-state index contributed by atoms with van der Waals surface area (Å²) >= 11 is 7.03. The number of carboxylic acids is 1. The number of rotatable bonds is 3. The van der Waals surface area contributed by atoms with Crippen LogP contribution in [0, 0.1) is 12.7 Å². The van der Waals surface area contributed by atoms with E-state index in [9.17, 15) is 9.18 Å². The van der Waals surface area contributed by atoms with Gasteiger partial charge in [-0.2, -0.15) is 0 Å². The lowest BCUT2D eigenvalue weighted by Crippen LogP contribution is -2.00. The highest BCUT2D eigenvalue weighted by Crippen LogP contribution is 2.24. The maximum Gasteiger partial charge on any atom is 0.347 e. The van der Waals surface area contributed by atoms with Gasteiger partial charge in [-0.3, -0.25) is 0 Å². The van der Waals surface area contributed by atoms with E-state index in [1.807, 2.05) is 0 Å². The number of halogens is 2. The molecule has 0 unspecified atom stereocenters. The minimum absolute atomic E-state index is 0.202. The lowest BCUT2D eigenvalue weighted by atomic mass is 10.1. The highest BCUT2D eigenvalue weighted by Gasteiger charge is 2.17. The van der Waals surface area contributed by atoms with Crippen molar-refractivity contribution in [3.63, 3.8) is 0 Å². The zero-order valence-electron chi connectivity index (χ0n) is 9.41. The smallest absolute Gasteiger partial charge is 0.347 e. The summed E-state index contributed by atoms with van der Waals surface area (Å²) in [6, 6.07) is 4.04. The Kier molecular flexibility index (Phi) is 3.63. The number of carbonyl (C=O) groups is 1. The Labute approximate surface area is 112 Å². The standard InChI is InChI=1S/C12H9ClFNO2S/c1-6-15-10(11(18-6)12(16)17)4-7-2-3-8(14)5-9(7)13/h2-3,5H,4H2,1H3,(H,16,17). The van der Waals surface area contributed by atoms with Gasteiger partial charge in [-0.1, -0.05) is 17.7 Å². The van der Waals surface area contributed by atoms with Crippen LogP contribution in [0.4, 0.5) is 4.39 Å². The van der Waals surface area contributed by atoms with Gasteiger partial charge in [0, 0.05) is 11.4 Å². The lowest BCUT2D eigenvalue weighted by molar-refractivity contribution is 0.0701. The second kappa shape index (κ2) is 5.04. The van der Waals surface area contributed by atoms with Crippen molar-refractivity contribution in [2.75, 3.05) is 0 Å². The normalized spacial score (nSPS) is 10.6. The minimum atomic E-state index is -1.01. The summed E-state index contributed by atoms with van der Waals surface area (Å²) in [6.45, 7) is 1.74. The lowest BCUT2D eigenvalue weighted by Gasteiger charge is -2.03. The number of hydrogen-bond donors (Lipinski definition) is 1. The number of thiazole rings is 1. The van der Waals surface area contributed by atoms with E-state index in [4.69, 9.17) is 16.7 Å². The van der Waals surface area contributed by atoms with E-state index in [1.54, 1.807) is 6.92 Å². The number of aromatic nitrogens is 1. The fourth-order valence-electron chi connectivity index (χ4n) is 1.60. The van der Waals surface area contributed by atoms with Gasteiger partial charge in [0.2, 0.25) is 0 Å². The number of carboxylic acid groups (broad SMARTS) is 1. The van der Waals surface area contributed by atoms with Gasteiger partial charge in [0.1, 0.15) is 10.7 Å². The van der Waals surface area contributed by atoms with Gasteiger partial charge in [-0.05, 0) is 24.6 Å². The molecule has 6 heteroatoms. The Morgan fingerprint density at radius 1 is 1.56 bits per heavy atom. The molecule has 0 atom stereocenters. The van der Waals surface area contributed by atoms with E-state index in [2.05, 4.69) is 4.98 Å². The second-order valence-electron chi connectivity index (χ2n) is 3.73. The molecule has 0 radical (unpaired) electrons. The molecule has 94 valence electrons. The molecular weight excluding hydrogens is 277 g/mol. The molecule has 18 heavy (non-hydrogen) atoms. The van der Waals surface area contributed by atoms with E-state index in [0.29, 0.717) is 16.3 Å². The van der Waals surface area contributed by atoms with Crippen molar-refractivity contribution >= 4 is 28.9 Å². The Hall–Kier alpha value is -1.46. The molecular formula is C12H9ClFNO2S. The van der Waals surface area contributed by atoms with Crippen LogP contribution >= 0.6 is 22.9 Å². The molecule has 1 aromatic heterocycles. The van der Waals surface area contributed by atoms with Crippen LogP contribution in [0.15, 0.2) is 18.2 Å². The van der Waals surface area contributed by atoms with Crippen LogP contribution in [0.2, 0.25) is 5.02 Å². The van der Waals surface area contributed by atoms with Gasteiger partial charge in [0.05, 0.1) is 10.7 Å². The fourth-order valence-corrected chi connectivity index (χ4v) is 2.61. The van der Waals surface area contributed by atoms with E-state index >= 15 is 0 Å². The van der Waals surface area contributed by atoms with Gasteiger partial charge < -0.3 is 5.11 Å². The summed E-state index contributed by atoms with van der Waals surface area (Å²) in [5.74, 6) is -1.43. The highest BCUT2D eigenvalue weighted by atomic mass is 35.5. The average Bonchev–Trinajstić information content (AvgIpc) is 2.64. The summed E-state index contributed by atoms with van der Waals surface area (Å²) in [5, 5.41) is 10.0. The van der Waals surface area contributed by atoms with E-state index in [0.717, 1.165) is 11.3 Å². The SMILES string of the molecule is Cc1nc(Cc2ccc(F)cc2Cl)c(C(=O)O)s1. The van der Waals surface area contributed by atoms with Crippen molar-refractivity contribution in [1.29, 1.82) is 0 Å². The van der Waals surface area contributed by atoms with Crippen LogP contribution in [-0.4, -0.2) is 16.1 Å². The first-order chi connectivity index (χ1) is 8.47. The number of benzene rings is 1. The molecule has 0 spiro atoms. The first-order valence-corrected chi connectivity index (χ1v) is 6.30. The van der Waals surface area contributed by atoms with Crippen molar-refractivity contribution in [3.8, 4) is 0 Å². The Balaban J connectivity index is 2.36. The number of nitrogens with zero attached hydrogens (tertiary/aromatic N) is 1. The molecule has 0 saturated heterocycles. The third kappa shape index (κ3) is 2.68. The zero-order chi connectivity index (χ0) is 13.3. The van der Waals surface area contributed by atoms with Gasteiger partial charge in [0.15, 0.2) is 0 Å². The van der Waals surface area contributed by atoms with Crippen LogP contribution in [0.5, 0.6) is 0 Å². The molecule has 0 bridgehead atoms. The summed E-state index contributed by atoms with van der Waals surface area (Å²) in [5.41, 5.74) is 1.12. The fraction of sp³-hybridized carbons (Fsp3) is 0.167. The summed E-state index contributed by atoms with van der Waals surface area (Å²) in [7, 11) is 0. The summed E-state index contributed by atoms with van der Waals surface area (Å²) < 4.78 is 12.9. The predicted molar refractivity (Wildman–Crippen MR) is 68.0 cm³/mol. The predicted octanol–water partition coefficient (Wildman–Crippen LogP) is 3.53. The number of hydrogen-bond acceptors (Lipinski definition) is 3. The first-order valence-electron chi connectivity index (χ1n) is 5.11. The van der Waals surface area contributed by atoms with Gasteiger partial charge in [0.25, 0.3) is 0 Å². The van der Waals surface area contributed by atoms with Gasteiger partial charge >= 0.3 is 5.97 Å². The summed E-state index contributed by atoms with van der Waals surface area (Å²) in [4.78, 5) is 15.4. The molecule has 2 aromatic rings. The molecule has 1 N–H and O–H groups in total. The van der Waals surface area contributed by atoms with E-state index in [-0.39, 0.29) is 16.3 Å². The molecule has 0 aliphatic heterocycles. The van der Waals surface area contributed by atoms with Crippen molar-refractivity contribution in [2.24, 2.45) is 0 Å². The molecule has 0 aliphatic carbocycles. The zero-order valence-corrected chi connectivity index (χ0v) is 11.0. The van der Waals surface area contributed by atoms with E-state index < -0.39 is 11.8 Å². The van der Waals surface area contributed by atoms with Crippen LogP contribution in [0.25, 0.3) is 0 Å². The Morgan fingerprint density at radius 3 is 2.89 bits per heavy atom. The minimum Gasteiger partial charge on any atom is -0.477 e. The average molecular weight is 286 g/mol. The number of aromatic carboxylic acids is 1. The van der Waals surface area contributed by atoms with Crippen LogP contribution in [-0.2, 0) is 6.42 Å². The van der Waals surface area contributed by atoms with Crippen LogP contribution < -0.4 is 0 Å². The maximum absolute atomic E-state index is 12.9. The maximum atomic E-state index is 12.9. The molecule has 0 saturated carbocycles. The monoisotopic (exact) mass is 285 g/mol. The van der Waals surface area contributed by atoms with Crippen molar-refractivity contribution in [3.05, 3.63) is 50.2 Å². The molecule has 2 rings (SSSR count). The summed E-state index contributed by atoms with van der Waals surface area (Å²) in [6.07, 6.45) is 0.283. The van der Waals surface area contributed by atoms with Gasteiger partial charge in [-0.25, -0.2) is 14.2 Å². The quantitative estimate of drug-likeness (QED) is 0.938. The number of aryl methyl sites for hydroxylation is 1.